The van der Waals surface area contributed by atoms with Crippen LogP contribution in [0.4, 0.5) is 5.69 Å². The van der Waals surface area contributed by atoms with E-state index in [1.54, 1.807) is 24.3 Å². The van der Waals surface area contributed by atoms with E-state index >= 15 is 0 Å². The molecule has 2 aromatic carbocycles. The predicted molar refractivity (Wildman–Crippen MR) is 102 cm³/mol. The van der Waals surface area contributed by atoms with Gasteiger partial charge >= 0.3 is 0 Å². The lowest BCUT2D eigenvalue weighted by molar-refractivity contribution is -0.118. The molecule has 5 heteroatoms. The molecule has 132 valence electrons. The van der Waals surface area contributed by atoms with Crippen LogP contribution in [0.1, 0.15) is 35.3 Å². The SMILES string of the molecule is Cc1cccc(NC(=O)C(NC(=O)c2ccccc2Cl)C(C)C)c1C. The summed E-state index contributed by atoms with van der Waals surface area (Å²) in [7, 11) is 0. The Bertz CT molecular complexity index is 787. The van der Waals surface area contributed by atoms with Gasteiger partial charge in [-0.3, -0.25) is 9.59 Å². The molecule has 0 aliphatic carbocycles. The van der Waals surface area contributed by atoms with Crippen molar-refractivity contribution in [2.75, 3.05) is 5.32 Å². The van der Waals surface area contributed by atoms with E-state index in [-0.39, 0.29) is 17.7 Å². The summed E-state index contributed by atoms with van der Waals surface area (Å²) in [5.74, 6) is -0.680. The molecular weight excluding hydrogens is 336 g/mol. The maximum atomic E-state index is 12.7. The van der Waals surface area contributed by atoms with Gasteiger partial charge in [0, 0.05) is 5.69 Å². The molecule has 0 bridgehead atoms. The second kappa shape index (κ2) is 8.17. The van der Waals surface area contributed by atoms with E-state index in [1.165, 1.54) is 0 Å². The Hall–Kier alpha value is -2.33. The van der Waals surface area contributed by atoms with Crippen LogP contribution in [0.5, 0.6) is 0 Å². The summed E-state index contributed by atoms with van der Waals surface area (Å²) >= 11 is 6.07. The third-order valence-electron chi connectivity index (χ3n) is 4.22. The standard InChI is InChI=1S/C20H23ClN2O2/c1-12(2)18(23-19(24)15-9-5-6-10-16(15)21)20(25)22-17-11-7-8-13(3)14(17)4/h5-12,18H,1-4H3,(H,22,25)(H,23,24). The predicted octanol–water partition coefficient (Wildman–Crippen LogP) is 4.35. The number of nitrogens with one attached hydrogen (secondary N) is 2. The lowest BCUT2D eigenvalue weighted by atomic mass is 10.0. The topological polar surface area (TPSA) is 58.2 Å². The molecule has 4 nitrogen and oxygen atoms in total. The first kappa shape index (κ1) is 19.0. The number of anilines is 1. The summed E-state index contributed by atoms with van der Waals surface area (Å²) in [5.41, 5.74) is 3.21. The fourth-order valence-corrected chi connectivity index (χ4v) is 2.72. The third-order valence-corrected chi connectivity index (χ3v) is 4.55. The van der Waals surface area contributed by atoms with E-state index in [0.29, 0.717) is 10.6 Å². The molecule has 1 atom stereocenters. The molecule has 0 saturated carbocycles. The molecule has 1 unspecified atom stereocenters. The number of hydrogen-bond donors (Lipinski definition) is 2. The molecule has 0 spiro atoms. The smallest absolute Gasteiger partial charge is 0.253 e. The Balaban J connectivity index is 2.17. The molecule has 0 radical (unpaired) electrons. The zero-order valence-electron chi connectivity index (χ0n) is 14.9. The first-order chi connectivity index (χ1) is 11.8. The van der Waals surface area contributed by atoms with Crippen LogP contribution in [0.2, 0.25) is 5.02 Å². The molecule has 0 saturated heterocycles. The van der Waals surface area contributed by atoms with Gasteiger partial charge in [-0.05, 0) is 49.1 Å². The van der Waals surface area contributed by atoms with E-state index in [9.17, 15) is 9.59 Å². The number of carbonyl (C=O) groups excluding carboxylic acids is 2. The van der Waals surface area contributed by atoms with Gasteiger partial charge in [-0.2, -0.15) is 0 Å². The average molecular weight is 359 g/mol. The molecular formula is C20H23ClN2O2. The molecule has 0 aliphatic rings. The van der Waals surface area contributed by atoms with Crippen molar-refractivity contribution in [2.24, 2.45) is 5.92 Å². The van der Waals surface area contributed by atoms with Crippen molar-refractivity contribution in [3.63, 3.8) is 0 Å². The molecule has 2 aromatic rings. The Morgan fingerprint density at radius 3 is 2.32 bits per heavy atom. The molecule has 2 rings (SSSR count). The van der Waals surface area contributed by atoms with Gasteiger partial charge in [-0.25, -0.2) is 0 Å². The van der Waals surface area contributed by atoms with Crippen molar-refractivity contribution in [3.8, 4) is 0 Å². The normalized spacial score (nSPS) is 11.9. The number of amides is 2. The van der Waals surface area contributed by atoms with E-state index in [1.807, 2.05) is 45.9 Å². The monoisotopic (exact) mass is 358 g/mol. The van der Waals surface area contributed by atoms with Crippen LogP contribution in [0.3, 0.4) is 0 Å². The first-order valence-corrected chi connectivity index (χ1v) is 8.61. The van der Waals surface area contributed by atoms with E-state index in [4.69, 9.17) is 11.6 Å². The lowest BCUT2D eigenvalue weighted by Crippen LogP contribution is -2.47. The maximum Gasteiger partial charge on any atom is 0.253 e. The molecule has 2 amide bonds. The van der Waals surface area contributed by atoms with Crippen LogP contribution in [0.15, 0.2) is 42.5 Å². The summed E-state index contributed by atoms with van der Waals surface area (Å²) in [6, 6.07) is 11.9. The number of benzene rings is 2. The third kappa shape index (κ3) is 4.60. The lowest BCUT2D eigenvalue weighted by Gasteiger charge is -2.22. The summed E-state index contributed by atoms with van der Waals surface area (Å²) in [6.45, 7) is 7.72. The molecule has 0 heterocycles. The van der Waals surface area contributed by atoms with Gasteiger partial charge in [0.1, 0.15) is 6.04 Å². The van der Waals surface area contributed by atoms with Crippen molar-refractivity contribution in [2.45, 2.75) is 33.7 Å². The van der Waals surface area contributed by atoms with Crippen molar-refractivity contribution in [1.29, 1.82) is 0 Å². The van der Waals surface area contributed by atoms with Crippen molar-refractivity contribution in [3.05, 3.63) is 64.2 Å². The second-order valence-electron chi connectivity index (χ2n) is 6.41. The fourth-order valence-electron chi connectivity index (χ4n) is 2.50. The summed E-state index contributed by atoms with van der Waals surface area (Å²) in [5, 5.41) is 6.07. The van der Waals surface area contributed by atoms with Crippen molar-refractivity contribution >= 4 is 29.1 Å². The molecule has 0 aromatic heterocycles. The Labute approximate surface area is 153 Å². The van der Waals surface area contributed by atoms with Crippen LogP contribution in [0.25, 0.3) is 0 Å². The number of aryl methyl sites for hydroxylation is 1. The summed E-state index contributed by atoms with van der Waals surface area (Å²) in [4.78, 5) is 25.2. The second-order valence-corrected chi connectivity index (χ2v) is 6.82. The van der Waals surface area contributed by atoms with Gasteiger partial charge in [0.05, 0.1) is 10.6 Å². The van der Waals surface area contributed by atoms with Gasteiger partial charge in [0.25, 0.3) is 5.91 Å². The van der Waals surface area contributed by atoms with Crippen LogP contribution in [-0.2, 0) is 4.79 Å². The van der Waals surface area contributed by atoms with Gasteiger partial charge < -0.3 is 10.6 Å². The largest absolute Gasteiger partial charge is 0.340 e. The zero-order chi connectivity index (χ0) is 18.6. The van der Waals surface area contributed by atoms with Crippen molar-refractivity contribution in [1.82, 2.24) is 5.32 Å². The Morgan fingerprint density at radius 2 is 1.68 bits per heavy atom. The summed E-state index contributed by atoms with van der Waals surface area (Å²) < 4.78 is 0. The highest BCUT2D eigenvalue weighted by Crippen LogP contribution is 2.19. The van der Waals surface area contributed by atoms with Gasteiger partial charge in [0.2, 0.25) is 5.91 Å². The summed E-state index contributed by atoms with van der Waals surface area (Å²) in [6.07, 6.45) is 0. The van der Waals surface area contributed by atoms with Gasteiger partial charge in [-0.1, -0.05) is 49.7 Å². The van der Waals surface area contributed by atoms with Crippen LogP contribution in [0, 0.1) is 19.8 Å². The average Bonchev–Trinajstić information content (AvgIpc) is 2.56. The Morgan fingerprint density at radius 1 is 1.00 bits per heavy atom. The Kier molecular flexibility index (Phi) is 6.21. The van der Waals surface area contributed by atoms with E-state index in [0.717, 1.165) is 16.8 Å². The van der Waals surface area contributed by atoms with E-state index in [2.05, 4.69) is 10.6 Å². The molecule has 0 aliphatic heterocycles. The van der Waals surface area contributed by atoms with Crippen LogP contribution in [-0.4, -0.2) is 17.9 Å². The number of carbonyl (C=O) groups is 2. The van der Waals surface area contributed by atoms with Crippen molar-refractivity contribution < 1.29 is 9.59 Å². The molecule has 0 fully saturated rings. The minimum atomic E-state index is -0.663. The first-order valence-electron chi connectivity index (χ1n) is 8.23. The highest BCUT2D eigenvalue weighted by molar-refractivity contribution is 6.33. The minimum Gasteiger partial charge on any atom is -0.340 e. The number of hydrogen-bond acceptors (Lipinski definition) is 2. The fraction of sp³-hybridized carbons (Fsp3) is 0.300. The van der Waals surface area contributed by atoms with Gasteiger partial charge in [-0.15, -0.1) is 0 Å². The van der Waals surface area contributed by atoms with Gasteiger partial charge in [0.15, 0.2) is 0 Å². The van der Waals surface area contributed by atoms with E-state index < -0.39 is 6.04 Å². The highest BCUT2D eigenvalue weighted by atomic mass is 35.5. The quantitative estimate of drug-likeness (QED) is 0.834. The van der Waals surface area contributed by atoms with Crippen LogP contribution >= 0.6 is 11.6 Å². The molecule has 2 N–H and O–H groups in total. The maximum absolute atomic E-state index is 12.7. The number of halogens is 1. The number of rotatable bonds is 5. The molecule has 25 heavy (non-hydrogen) atoms. The zero-order valence-corrected chi connectivity index (χ0v) is 15.6. The van der Waals surface area contributed by atoms with Crippen LogP contribution < -0.4 is 10.6 Å². The highest BCUT2D eigenvalue weighted by Gasteiger charge is 2.25. The minimum absolute atomic E-state index is 0.0726.